The fourth-order valence-corrected chi connectivity index (χ4v) is 2.24. The summed E-state index contributed by atoms with van der Waals surface area (Å²) in [5.74, 6) is -0.00222. The Hall–Kier alpha value is -2.64. The molecule has 1 unspecified atom stereocenters. The van der Waals surface area contributed by atoms with E-state index in [9.17, 15) is 14.7 Å². The summed E-state index contributed by atoms with van der Waals surface area (Å²) in [5.41, 5.74) is 0.557. The lowest BCUT2D eigenvalue weighted by Gasteiger charge is -2.19. The van der Waals surface area contributed by atoms with E-state index < -0.39 is 18.1 Å². The van der Waals surface area contributed by atoms with Crippen LogP contribution >= 0.6 is 0 Å². The second-order valence-electron chi connectivity index (χ2n) is 5.22. The van der Waals surface area contributed by atoms with Gasteiger partial charge in [0.1, 0.15) is 6.04 Å². The molecule has 0 aliphatic carbocycles. The van der Waals surface area contributed by atoms with Crippen molar-refractivity contribution in [3.63, 3.8) is 0 Å². The van der Waals surface area contributed by atoms with Crippen LogP contribution < -0.4 is 19.5 Å². The molecule has 0 fully saturated rings. The van der Waals surface area contributed by atoms with Crippen LogP contribution in [-0.4, -0.2) is 51.1 Å². The summed E-state index contributed by atoms with van der Waals surface area (Å²) in [6.07, 6.45) is 0.829. The Kier molecular flexibility index (Phi) is 8.38. The normalized spacial score (nSPS) is 11.4. The number of nitrogens with one attached hydrogen (secondary N) is 1. The number of unbranched alkanes of at least 4 members (excludes halogenated alkanes) is 1. The molecule has 0 aromatic heterocycles. The Morgan fingerprint density at radius 2 is 1.80 bits per heavy atom. The molecular weight excluding hydrogens is 330 g/mol. The van der Waals surface area contributed by atoms with Crippen molar-refractivity contribution < 1.29 is 33.6 Å². The Morgan fingerprint density at radius 3 is 2.32 bits per heavy atom. The molecule has 25 heavy (non-hydrogen) atoms. The number of carboxylic acid groups (broad SMARTS) is 1. The average molecular weight is 355 g/mol. The van der Waals surface area contributed by atoms with E-state index in [-0.39, 0.29) is 13.0 Å². The molecule has 0 aliphatic rings. The van der Waals surface area contributed by atoms with Crippen molar-refractivity contribution in [1.29, 1.82) is 0 Å². The summed E-state index contributed by atoms with van der Waals surface area (Å²) in [5, 5.41) is 11.7. The molecule has 1 rings (SSSR count). The van der Waals surface area contributed by atoms with Crippen LogP contribution in [0.4, 0.5) is 4.79 Å². The zero-order valence-corrected chi connectivity index (χ0v) is 15.0. The van der Waals surface area contributed by atoms with E-state index in [1.54, 1.807) is 12.1 Å². The predicted octanol–water partition coefficient (Wildman–Crippen LogP) is 2.23. The van der Waals surface area contributed by atoms with Gasteiger partial charge in [-0.15, -0.1) is 0 Å². The van der Waals surface area contributed by atoms with Crippen molar-refractivity contribution in [3.8, 4) is 17.2 Å². The fraction of sp³-hybridized carbons (Fsp3) is 0.529. The maximum absolute atomic E-state index is 11.7. The molecule has 0 saturated carbocycles. The van der Waals surface area contributed by atoms with Crippen molar-refractivity contribution >= 4 is 12.1 Å². The highest BCUT2D eigenvalue weighted by Crippen LogP contribution is 2.40. The van der Waals surface area contributed by atoms with Gasteiger partial charge in [-0.1, -0.05) is 19.4 Å². The van der Waals surface area contributed by atoms with Crippen LogP contribution in [0.1, 0.15) is 25.3 Å². The maximum Gasteiger partial charge on any atom is 0.407 e. The fourth-order valence-electron chi connectivity index (χ4n) is 2.24. The van der Waals surface area contributed by atoms with Gasteiger partial charge in [0.05, 0.1) is 27.9 Å². The monoisotopic (exact) mass is 355 g/mol. The highest BCUT2D eigenvalue weighted by atomic mass is 16.5. The first-order valence-electron chi connectivity index (χ1n) is 7.92. The van der Waals surface area contributed by atoms with Gasteiger partial charge in [-0.2, -0.15) is 0 Å². The molecule has 0 bridgehead atoms. The average Bonchev–Trinajstić information content (AvgIpc) is 2.60. The zero-order valence-electron chi connectivity index (χ0n) is 15.0. The van der Waals surface area contributed by atoms with Gasteiger partial charge in [0.2, 0.25) is 5.75 Å². The zero-order chi connectivity index (χ0) is 18.8. The second-order valence-corrected chi connectivity index (χ2v) is 5.22. The molecule has 0 aliphatic heterocycles. The number of carboxylic acids is 1. The van der Waals surface area contributed by atoms with Gasteiger partial charge in [-0.25, -0.2) is 9.59 Å². The first kappa shape index (κ1) is 20.4. The lowest BCUT2D eigenvalue weighted by atomic mass is 10.0. The van der Waals surface area contributed by atoms with Crippen LogP contribution in [0.2, 0.25) is 0 Å². The van der Waals surface area contributed by atoms with Crippen LogP contribution in [0.25, 0.3) is 0 Å². The number of methoxy groups -OCH3 is 3. The van der Waals surface area contributed by atoms with E-state index in [2.05, 4.69) is 5.32 Å². The lowest BCUT2D eigenvalue weighted by Crippen LogP contribution is -2.42. The number of ether oxygens (including phenoxy) is 4. The molecule has 0 radical (unpaired) electrons. The van der Waals surface area contributed by atoms with Crippen molar-refractivity contribution in [3.05, 3.63) is 17.7 Å². The van der Waals surface area contributed by atoms with Crippen LogP contribution in [0.3, 0.4) is 0 Å². The number of hydrogen-bond donors (Lipinski definition) is 2. The predicted molar refractivity (Wildman–Crippen MR) is 90.6 cm³/mol. The quantitative estimate of drug-likeness (QED) is 0.620. The minimum atomic E-state index is -1.18. The first-order valence-corrected chi connectivity index (χ1v) is 7.92. The first-order chi connectivity index (χ1) is 12.0. The summed E-state index contributed by atoms with van der Waals surface area (Å²) in [6, 6.07) is 2.15. The Balaban J connectivity index is 2.95. The molecule has 0 heterocycles. The standard InChI is InChI=1S/C17H25NO7/c1-5-6-9-25-17(21)18-12(16(19)20)10-11-7-8-13(22-2)15(24-4)14(11)23-3/h7-8,12H,5-6,9-10H2,1-4H3,(H,18,21)(H,19,20). The minimum absolute atomic E-state index is 0.00172. The Bertz CT molecular complexity index is 589. The number of aliphatic carboxylic acids is 1. The third kappa shape index (κ3) is 5.74. The summed E-state index contributed by atoms with van der Waals surface area (Å²) >= 11 is 0. The summed E-state index contributed by atoms with van der Waals surface area (Å²) in [7, 11) is 4.40. The number of carbonyl (C=O) groups is 2. The molecule has 1 atom stereocenters. The SMILES string of the molecule is CCCCOC(=O)NC(Cc1ccc(OC)c(OC)c1OC)C(=O)O. The van der Waals surface area contributed by atoms with E-state index in [4.69, 9.17) is 18.9 Å². The summed E-state index contributed by atoms with van der Waals surface area (Å²) < 4.78 is 20.8. The Morgan fingerprint density at radius 1 is 1.12 bits per heavy atom. The Labute approximate surface area is 147 Å². The highest BCUT2D eigenvalue weighted by Gasteiger charge is 2.25. The third-order valence-electron chi connectivity index (χ3n) is 3.53. The topological polar surface area (TPSA) is 103 Å². The number of carbonyl (C=O) groups excluding carboxylic acids is 1. The molecule has 2 N–H and O–H groups in total. The van der Waals surface area contributed by atoms with Gasteiger partial charge in [-0.05, 0) is 12.5 Å². The van der Waals surface area contributed by atoms with Crippen LogP contribution in [0.15, 0.2) is 12.1 Å². The molecule has 1 aromatic carbocycles. The van der Waals surface area contributed by atoms with Gasteiger partial charge in [0.15, 0.2) is 11.5 Å². The van der Waals surface area contributed by atoms with Gasteiger partial charge in [0, 0.05) is 12.0 Å². The molecule has 1 amide bonds. The van der Waals surface area contributed by atoms with Crippen molar-refractivity contribution in [1.82, 2.24) is 5.32 Å². The number of rotatable bonds is 10. The van der Waals surface area contributed by atoms with E-state index in [1.165, 1.54) is 21.3 Å². The van der Waals surface area contributed by atoms with Gasteiger partial charge < -0.3 is 29.4 Å². The van der Waals surface area contributed by atoms with Crippen molar-refractivity contribution in [2.45, 2.75) is 32.2 Å². The van der Waals surface area contributed by atoms with Crippen molar-refractivity contribution in [2.75, 3.05) is 27.9 Å². The largest absolute Gasteiger partial charge is 0.493 e. The number of amides is 1. The smallest absolute Gasteiger partial charge is 0.407 e. The molecular formula is C17H25NO7. The molecule has 0 spiro atoms. The van der Waals surface area contributed by atoms with Crippen LogP contribution in [0, 0.1) is 0 Å². The number of alkyl carbamates (subject to hydrolysis) is 1. The molecule has 1 aromatic rings. The second kappa shape index (κ2) is 10.3. The number of hydrogen-bond acceptors (Lipinski definition) is 6. The van der Waals surface area contributed by atoms with E-state index in [0.29, 0.717) is 29.2 Å². The molecule has 8 heteroatoms. The van der Waals surface area contributed by atoms with Crippen LogP contribution in [-0.2, 0) is 16.0 Å². The lowest BCUT2D eigenvalue weighted by molar-refractivity contribution is -0.139. The van der Waals surface area contributed by atoms with Gasteiger partial charge >= 0.3 is 12.1 Å². The molecule has 140 valence electrons. The van der Waals surface area contributed by atoms with Gasteiger partial charge in [0.25, 0.3) is 0 Å². The third-order valence-corrected chi connectivity index (χ3v) is 3.53. The van der Waals surface area contributed by atoms with E-state index in [1.807, 2.05) is 6.92 Å². The van der Waals surface area contributed by atoms with Gasteiger partial charge in [-0.3, -0.25) is 0 Å². The maximum atomic E-state index is 11.7. The minimum Gasteiger partial charge on any atom is -0.493 e. The molecule has 8 nitrogen and oxygen atoms in total. The van der Waals surface area contributed by atoms with Crippen LogP contribution in [0.5, 0.6) is 17.2 Å². The summed E-state index contributed by atoms with van der Waals surface area (Å²) in [6.45, 7) is 2.21. The molecule has 0 saturated heterocycles. The number of benzene rings is 1. The highest BCUT2D eigenvalue weighted by molar-refractivity contribution is 5.80. The van der Waals surface area contributed by atoms with E-state index in [0.717, 1.165) is 6.42 Å². The van der Waals surface area contributed by atoms with E-state index >= 15 is 0 Å². The summed E-state index contributed by atoms with van der Waals surface area (Å²) in [4.78, 5) is 23.2. The van der Waals surface area contributed by atoms with Crippen molar-refractivity contribution in [2.24, 2.45) is 0 Å².